The molecule has 0 radical (unpaired) electrons. The van der Waals surface area contributed by atoms with Crippen LogP contribution in [0.3, 0.4) is 0 Å². The number of nitrogens with two attached hydrogens (primary N) is 2. The first-order valence-electron chi connectivity index (χ1n) is 6.52. The highest BCUT2D eigenvalue weighted by Crippen LogP contribution is 2.36. The molecule has 2 aromatic rings. The second kappa shape index (κ2) is 6.09. The van der Waals surface area contributed by atoms with Gasteiger partial charge in [-0.15, -0.1) is 0 Å². The summed E-state index contributed by atoms with van der Waals surface area (Å²) in [5, 5.41) is 0. The Kier molecular flexibility index (Phi) is 4.42. The van der Waals surface area contributed by atoms with Gasteiger partial charge in [-0.05, 0) is 24.0 Å². The molecule has 0 unspecified atom stereocenters. The van der Waals surface area contributed by atoms with Crippen molar-refractivity contribution >= 4 is 30.3 Å². The maximum Gasteiger partial charge on any atom is 0.222 e. The molecule has 112 valence electrons. The van der Waals surface area contributed by atoms with E-state index >= 15 is 0 Å². The van der Waals surface area contributed by atoms with Crippen LogP contribution in [0.15, 0.2) is 18.3 Å². The van der Waals surface area contributed by atoms with Crippen LogP contribution in [0.5, 0.6) is 11.5 Å². The van der Waals surface area contributed by atoms with Gasteiger partial charge in [0.1, 0.15) is 5.75 Å². The summed E-state index contributed by atoms with van der Waals surface area (Å²) in [5.74, 6) is 1.68. The van der Waals surface area contributed by atoms with Crippen LogP contribution >= 0.6 is 12.8 Å². The first kappa shape index (κ1) is 15.2. The Bertz CT molecular complexity index is 660. The average Bonchev–Trinajstić information content (AvgIpc) is 2.42. The second-order valence-electron chi connectivity index (χ2n) is 5.05. The fraction of sp³-hybridized carbons (Fsp3) is 0.286. The van der Waals surface area contributed by atoms with E-state index in [-0.39, 0.29) is 11.8 Å². The smallest absolute Gasteiger partial charge is 0.222 e. The number of aryl methyl sites for hydroxylation is 1. The van der Waals surface area contributed by atoms with Crippen LogP contribution in [-0.4, -0.2) is 9.97 Å². The number of nitrogens with zero attached hydrogens (tertiary/aromatic N) is 2. The van der Waals surface area contributed by atoms with Gasteiger partial charge in [-0.25, -0.2) is 4.98 Å². The van der Waals surface area contributed by atoms with Gasteiger partial charge in [0.05, 0.1) is 11.9 Å². The number of hydrogen-bond acceptors (Lipinski definition) is 7. The molecule has 2 rings (SSSR count). The molecule has 1 aromatic heterocycles. The molecule has 0 aliphatic rings. The van der Waals surface area contributed by atoms with Crippen molar-refractivity contribution < 1.29 is 4.74 Å². The Morgan fingerprint density at radius 3 is 2.52 bits per heavy atom. The maximum atomic E-state index is 5.87. The number of thiol groups is 1. The third-order valence-electron chi connectivity index (χ3n) is 3.12. The van der Waals surface area contributed by atoms with Gasteiger partial charge in [0.15, 0.2) is 11.6 Å². The SMILES string of the molecule is Cc1cc(C(C)C)c(Oc2cnc(N)nc2N)cc1NS. The predicted molar refractivity (Wildman–Crippen MR) is 88.8 cm³/mol. The quantitative estimate of drug-likeness (QED) is 0.648. The van der Waals surface area contributed by atoms with Crippen molar-refractivity contribution in [2.45, 2.75) is 26.7 Å². The van der Waals surface area contributed by atoms with E-state index in [1.54, 1.807) is 0 Å². The van der Waals surface area contributed by atoms with E-state index in [0.29, 0.717) is 17.4 Å². The van der Waals surface area contributed by atoms with Gasteiger partial charge in [0, 0.05) is 6.07 Å². The van der Waals surface area contributed by atoms with E-state index in [1.165, 1.54) is 6.20 Å². The Labute approximate surface area is 129 Å². The average molecular weight is 305 g/mol. The van der Waals surface area contributed by atoms with E-state index in [0.717, 1.165) is 16.8 Å². The van der Waals surface area contributed by atoms with Crippen LogP contribution < -0.4 is 20.9 Å². The highest BCUT2D eigenvalue weighted by molar-refractivity contribution is 7.81. The lowest BCUT2D eigenvalue weighted by Crippen LogP contribution is -2.03. The molecule has 0 spiro atoms. The molecule has 7 heteroatoms. The molecule has 21 heavy (non-hydrogen) atoms. The molecule has 0 amide bonds. The molecule has 1 heterocycles. The van der Waals surface area contributed by atoms with Crippen molar-refractivity contribution in [2.24, 2.45) is 0 Å². The fourth-order valence-electron chi connectivity index (χ4n) is 1.97. The summed E-state index contributed by atoms with van der Waals surface area (Å²) in [7, 11) is 0. The van der Waals surface area contributed by atoms with Crippen molar-refractivity contribution in [3.8, 4) is 11.5 Å². The molecule has 0 aliphatic carbocycles. The van der Waals surface area contributed by atoms with Gasteiger partial charge < -0.3 is 20.9 Å². The van der Waals surface area contributed by atoms with Crippen molar-refractivity contribution in [1.82, 2.24) is 9.97 Å². The molecular weight excluding hydrogens is 286 g/mol. The Hall–Kier alpha value is -2.15. The number of ether oxygens (including phenoxy) is 1. The van der Waals surface area contributed by atoms with E-state index in [4.69, 9.17) is 16.2 Å². The van der Waals surface area contributed by atoms with Gasteiger partial charge in [-0.3, -0.25) is 0 Å². The summed E-state index contributed by atoms with van der Waals surface area (Å²) >= 11 is 4.10. The number of benzene rings is 1. The first-order chi connectivity index (χ1) is 9.92. The normalized spacial score (nSPS) is 10.7. The Morgan fingerprint density at radius 2 is 1.95 bits per heavy atom. The van der Waals surface area contributed by atoms with Gasteiger partial charge in [0.25, 0.3) is 0 Å². The highest BCUT2D eigenvalue weighted by atomic mass is 32.1. The van der Waals surface area contributed by atoms with Crippen molar-refractivity contribution in [3.63, 3.8) is 0 Å². The lowest BCUT2D eigenvalue weighted by Gasteiger charge is -2.17. The topological polar surface area (TPSA) is 99.1 Å². The van der Waals surface area contributed by atoms with Crippen LogP contribution in [0.25, 0.3) is 0 Å². The summed E-state index contributed by atoms with van der Waals surface area (Å²) in [5.41, 5.74) is 14.3. The summed E-state index contributed by atoms with van der Waals surface area (Å²) in [6.07, 6.45) is 1.47. The summed E-state index contributed by atoms with van der Waals surface area (Å²) in [4.78, 5) is 7.79. The Balaban J connectivity index is 2.46. The van der Waals surface area contributed by atoms with Crippen LogP contribution in [0.1, 0.15) is 30.9 Å². The molecule has 5 N–H and O–H groups in total. The number of nitrogen functional groups attached to an aromatic ring is 2. The minimum absolute atomic E-state index is 0.116. The number of aromatic nitrogens is 2. The molecule has 0 saturated carbocycles. The fourth-order valence-corrected chi connectivity index (χ4v) is 2.21. The monoisotopic (exact) mass is 305 g/mol. The molecule has 6 nitrogen and oxygen atoms in total. The zero-order valence-electron chi connectivity index (χ0n) is 12.2. The highest BCUT2D eigenvalue weighted by Gasteiger charge is 2.14. The molecule has 0 fully saturated rings. The van der Waals surface area contributed by atoms with Gasteiger partial charge in [-0.1, -0.05) is 32.7 Å². The van der Waals surface area contributed by atoms with Gasteiger partial charge in [-0.2, -0.15) is 4.98 Å². The minimum Gasteiger partial charge on any atom is -0.451 e. The lowest BCUT2D eigenvalue weighted by atomic mass is 9.99. The van der Waals surface area contributed by atoms with E-state index in [1.807, 2.05) is 13.0 Å². The Morgan fingerprint density at radius 1 is 1.24 bits per heavy atom. The molecule has 0 atom stereocenters. The van der Waals surface area contributed by atoms with Crippen LogP contribution in [-0.2, 0) is 0 Å². The van der Waals surface area contributed by atoms with Crippen LogP contribution in [0.4, 0.5) is 17.5 Å². The van der Waals surface area contributed by atoms with Crippen LogP contribution in [0, 0.1) is 6.92 Å². The molecule has 0 aliphatic heterocycles. The van der Waals surface area contributed by atoms with E-state index in [9.17, 15) is 0 Å². The van der Waals surface area contributed by atoms with Crippen LogP contribution in [0.2, 0.25) is 0 Å². The second-order valence-corrected chi connectivity index (χ2v) is 5.27. The van der Waals surface area contributed by atoms with E-state index < -0.39 is 0 Å². The van der Waals surface area contributed by atoms with Crippen molar-refractivity contribution in [2.75, 3.05) is 16.2 Å². The largest absolute Gasteiger partial charge is 0.451 e. The number of rotatable bonds is 4. The third-order valence-corrected chi connectivity index (χ3v) is 3.36. The maximum absolute atomic E-state index is 5.87. The lowest BCUT2D eigenvalue weighted by molar-refractivity contribution is 0.471. The number of nitrogens with one attached hydrogen (secondary N) is 1. The van der Waals surface area contributed by atoms with Gasteiger partial charge in [0.2, 0.25) is 5.95 Å². The minimum atomic E-state index is 0.116. The zero-order valence-corrected chi connectivity index (χ0v) is 13.1. The third kappa shape index (κ3) is 3.30. The first-order valence-corrected chi connectivity index (χ1v) is 6.97. The standard InChI is InChI=1S/C14H19N5OS/c1-7(2)9-4-8(3)10(19-21)5-11(9)20-12-6-17-14(16)18-13(12)15/h4-7,19,21H,1-3H3,(H4,15,16,17,18). The van der Waals surface area contributed by atoms with E-state index in [2.05, 4.69) is 47.4 Å². The molecule has 0 saturated heterocycles. The predicted octanol–water partition coefficient (Wildman–Crippen LogP) is 3.12. The molecule has 1 aromatic carbocycles. The van der Waals surface area contributed by atoms with Crippen molar-refractivity contribution in [3.05, 3.63) is 29.5 Å². The summed E-state index contributed by atoms with van der Waals surface area (Å²) < 4.78 is 8.72. The zero-order chi connectivity index (χ0) is 15.6. The van der Waals surface area contributed by atoms with Crippen molar-refractivity contribution in [1.29, 1.82) is 0 Å². The molecule has 0 bridgehead atoms. The number of hydrogen-bond donors (Lipinski definition) is 4. The molecular formula is C14H19N5OS. The summed E-state index contributed by atoms with van der Waals surface area (Å²) in [6.45, 7) is 6.20. The summed E-state index contributed by atoms with van der Waals surface area (Å²) in [6, 6.07) is 3.94. The number of anilines is 3. The van der Waals surface area contributed by atoms with Gasteiger partial charge >= 0.3 is 0 Å².